The quantitative estimate of drug-likeness (QED) is 0.779. The third-order valence-corrected chi connectivity index (χ3v) is 5.74. The van der Waals surface area contributed by atoms with Gasteiger partial charge in [0, 0.05) is 24.7 Å². The van der Waals surface area contributed by atoms with Gasteiger partial charge >= 0.3 is 6.09 Å². The van der Waals surface area contributed by atoms with Crippen LogP contribution < -0.4 is 4.90 Å². The van der Waals surface area contributed by atoms with E-state index >= 15 is 0 Å². The van der Waals surface area contributed by atoms with E-state index in [0.29, 0.717) is 36.4 Å². The van der Waals surface area contributed by atoms with Crippen molar-refractivity contribution in [3.63, 3.8) is 0 Å². The minimum atomic E-state index is -0.345. The van der Waals surface area contributed by atoms with Crippen molar-refractivity contribution in [2.75, 3.05) is 31.1 Å². The first-order valence-electron chi connectivity index (χ1n) is 8.82. The molecule has 0 aliphatic carbocycles. The molecular formula is C18H22ClN3O3S. The molecule has 2 amide bonds. The van der Waals surface area contributed by atoms with Crippen molar-refractivity contribution in [1.82, 2.24) is 9.88 Å². The SMILES string of the molecule is CCOC(=O)N1CCC[C@H](C(=O)N(CC)c2nc3cc(Cl)ccc3s2)C1. The Hall–Kier alpha value is -1.86. The number of likely N-dealkylation sites (tertiary alicyclic amines) is 1. The molecule has 1 aromatic heterocycles. The number of anilines is 1. The number of aromatic nitrogens is 1. The van der Waals surface area contributed by atoms with Crippen LogP contribution in [0.5, 0.6) is 0 Å². The molecule has 140 valence electrons. The molecule has 1 fully saturated rings. The summed E-state index contributed by atoms with van der Waals surface area (Å²) in [5.41, 5.74) is 0.792. The van der Waals surface area contributed by atoms with E-state index in [-0.39, 0.29) is 17.9 Å². The Labute approximate surface area is 161 Å². The van der Waals surface area contributed by atoms with Gasteiger partial charge in [0.15, 0.2) is 5.13 Å². The monoisotopic (exact) mass is 395 g/mol. The zero-order valence-corrected chi connectivity index (χ0v) is 16.5. The van der Waals surface area contributed by atoms with Crippen molar-refractivity contribution in [3.05, 3.63) is 23.2 Å². The fraction of sp³-hybridized carbons (Fsp3) is 0.500. The molecule has 6 nitrogen and oxygen atoms in total. The fourth-order valence-corrected chi connectivity index (χ4v) is 4.35. The molecule has 0 N–H and O–H groups in total. The Morgan fingerprint density at radius 1 is 1.42 bits per heavy atom. The van der Waals surface area contributed by atoms with Crippen molar-refractivity contribution >= 4 is 50.3 Å². The summed E-state index contributed by atoms with van der Waals surface area (Å²) >= 11 is 7.51. The van der Waals surface area contributed by atoms with Crippen LogP contribution in [-0.4, -0.2) is 48.1 Å². The molecule has 3 rings (SSSR count). The first-order chi connectivity index (χ1) is 12.5. The number of piperidine rings is 1. The number of hydrogen-bond donors (Lipinski definition) is 0. The summed E-state index contributed by atoms with van der Waals surface area (Å²) < 4.78 is 6.06. The van der Waals surface area contributed by atoms with Crippen LogP contribution in [0.4, 0.5) is 9.93 Å². The van der Waals surface area contributed by atoms with Crippen LogP contribution >= 0.6 is 22.9 Å². The molecule has 8 heteroatoms. The van der Waals surface area contributed by atoms with Crippen LogP contribution in [0.2, 0.25) is 5.02 Å². The molecule has 0 unspecified atom stereocenters. The molecule has 1 atom stereocenters. The molecule has 1 saturated heterocycles. The second-order valence-electron chi connectivity index (χ2n) is 6.18. The highest BCUT2D eigenvalue weighted by Crippen LogP contribution is 2.32. The summed E-state index contributed by atoms with van der Waals surface area (Å²) in [5, 5.41) is 1.30. The van der Waals surface area contributed by atoms with Crippen LogP contribution in [0.3, 0.4) is 0 Å². The fourth-order valence-electron chi connectivity index (χ4n) is 3.17. The number of benzene rings is 1. The van der Waals surface area contributed by atoms with Crippen LogP contribution in [0, 0.1) is 5.92 Å². The Morgan fingerprint density at radius 3 is 2.96 bits per heavy atom. The molecule has 1 aromatic carbocycles. The van der Waals surface area contributed by atoms with Gasteiger partial charge in [-0.1, -0.05) is 22.9 Å². The zero-order chi connectivity index (χ0) is 18.7. The van der Waals surface area contributed by atoms with Crippen molar-refractivity contribution in [1.29, 1.82) is 0 Å². The lowest BCUT2D eigenvalue weighted by Gasteiger charge is -2.33. The van der Waals surface area contributed by atoms with Crippen molar-refractivity contribution in [3.8, 4) is 0 Å². The number of nitrogens with zero attached hydrogens (tertiary/aromatic N) is 3. The van der Waals surface area contributed by atoms with E-state index < -0.39 is 0 Å². The van der Waals surface area contributed by atoms with Gasteiger partial charge in [-0.15, -0.1) is 0 Å². The predicted octanol–water partition coefficient (Wildman–Crippen LogP) is 4.17. The molecular weight excluding hydrogens is 374 g/mol. The number of ether oxygens (including phenoxy) is 1. The highest BCUT2D eigenvalue weighted by atomic mass is 35.5. The van der Waals surface area contributed by atoms with E-state index in [1.165, 1.54) is 11.3 Å². The van der Waals surface area contributed by atoms with Gasteiger partial charge in [-0.3, -0.25) is 9.69 Å². The topological polar surface area (TPSA) is 62.7 Å². The molecule has 0 radical (unpaired) electrons. The number of thiazole rings is 1. The molecule has 1 aliphatic rings. The molecule has 1 aliphatic heterocycles. The Morgan fingerprint density at radius 2 is 2.23 bits per heavy atom. The first-order valence-corrected chi connectivity index (χ1v) is 10.0. The minimum Gasteiger partial charge on any atom is -0.450 e. The lowest BCUT2D eigenvalue weighted by atomic mass is 9.97. The van der Waals surface area contributed by atoms with Crippen molar-refractivity contribution < 1.29 is 14.3 Å². The van der Waals surface area contributed by atoms with Crippen LogP contribution in [0.15, 0.2) is 18.2 Å². The van der Waals surface area contributed by atoms with Crippen LogP contribution in [0.1, 0.15) is 26.7 Å². The van der Waals surface area contributed by atoms with E-state index in [1.54, 1.807) is 22.8 Å². The number of halogens is 1. The number of rotatable bonds is 4. The second kappa shape index (κ2) is 8.22. The maximum absolute atomic E-state index is 13.1. The molecule has 2 aromatic rings. The Balaban J connectivity index is 1.78. The van der Waals surface area contributed by atoms with E-state index in [2.05, 4.69) is 4.98 Å². The number of carbonyl (C=O) groups is 2. The third-order valence-electron chi connectivity index (χ3n) is 4.45. The normalized spacial score (nSPS) is 17.3. The molecule has 0 spiro atoms. The Bertz CT molecular complexity index is 810. The second-order valence-corrected chi connectivity index (χ2v) is 7.62. The van der Waals surface area contributed by atoms with Crippen molar-refractivity contribution in [2.45, 2.75) is 26.7 Å². The van der Waals surface area contributed by atoms with E-state index in [1.807, 2.05) is 19.1 Å². The van der Waals surface area contributed by atoms with Gasteiger partial charge in [-0.25, -0.2) is 9.78 Å². The van der Waals surface area contributed by atoms with Crippen LogP contribution in [-0.2, 0) is 9.53 Å². The number of amides is 2. The van der Waals surface area contributed by atoms with Gasteiger partial charge in [0.25, 0.3) is 0 Å². The maximum Gasteiger partial charge on any atom is 0.409 e. The lowest BCUT2D eigenvalue weighted by molar-refractivity contribution is -0.123. The predicted molar refractivity (Wildman–Crippen MR) is 104 cm³/mol. The largest absolute Gasteiger partial charge is 0.450 e. The first kappa shape index (κ1) is 18.9. The molecule has 26 heavy (non-hydrogen) atoms. The number of hydrogen-bond acceptors (Lipinski definition) is 5. The van der Waals surface area contributed by atoms with Gasteiger partial charge in [0.1, 0.15) is 0 Å². The van der Waals surface area contributed by atoms with E-state index in [0.717, 1.165) is 23.1 Å². The summed E-state index contributed by atoms with van der Waals surface area (Å²) in [6.07, 6.45) is 1.21. The molecule has 0 bridgehead atoms. The number of fused-ring (bicyclic) bond motifs is 1. The molecule has 2 heterocycles. The summed E-state index contributed by atoms with van der Waals surface area (Å²) in [6, 6.07) is 5.54. The minimum absolute atomic E-state index is 0.00616. The number of carbonyl (C=O) groups excluding carboxylic acids is 2. The van der Waals surface area contributed by atoms with Crippen LogP contribution in [0.25, 0.3) is 10.2 Å². The zero-order valence-electron chi connectivity index (χ0n) is 14.9. The summed E-state index contributed by atoms with van der Waals surface area (Å²) in [7, 11) is 0. The average molecular weight is 396 g/mol. The van der Waals surface area contributed by atoms with Gasteiger partial charge in [0.2, 0.25) is 5.91 Å². The van der Waals surface area contributed by atoms with Crippen molar-refractivity contribution in [2.24, 2.45) is 5.92 Å². The summed E-state index contributed by atoms with van der Waals surface area (Å²) in [4.78, 5) is 33.0. The van der Waals surface area contributed by atoms with E-state index in [9.17, 15) is 9.59 Å². The van der Waals surface area contributed by atoms with E-state index in [4.69, 9.17) is 16.3 Å². The van der Waals surface area contributed by atoms with Gasteiger partial charge in [0.05, 0.1) is 22.7 Å². The van der Waals surface area contributed by atoms with Gasteiger partial charge < -0.3 is 9.64 Å². The Kier molecular flexibility index (Phi) is 5.98. The lowest BCUT2D eigenvalue weighted by Crippen LogP contribution is -2.47. The smallest absolute Gasteiger partial charge is 0.409 e. The van der Waals surface area contributed by atoms with Gasteiger partial charge in [-0.05, 0) is 44.9 Å². The highest BCUT2D eigenvalue weighted by molar-refractivity contribution is 7.22. The average Bonchev–Trinajstić information content (AvgIpc) is 3.05. The standard InChI is InChI=1S/C18H22ClN3O3S/c1-3-22(17-20-14-10-13(19)7-8-15(14)26-17)16(23)12-6-5-9-21(11-12)18(24)25-4-2/h7-8,10,12H,3-6,9,11H2,1-2H3/t12-/m0/s1. The highest BCUT2D eigenvalue weighted by Gasteiger charge is 2.32. The summed E-state index contributed by atoms with van der Waals surface area (Å²) in [6.45, 7) is 5.61. The third kappa shape index (κ3) is 3.94. The maximum atomic E-state index is 13.1. The molecule has 0 saturated carbocycles. The summed E-state index contributed by atoms with van der Waals surface area (Å²) in [5.74, 6) is -0.227. The van der Waals surface area contributed by atoms with Gasteiger partial charge in [-0.2, -0.15) is 0 Å².